The van der Waals surface area contributed by atoms with Crippen LogP contribution in [0.15, 0.2) is 0 Å². The van der Waals surface area contributed by atoms with Crippen LogP contribution in [0.2, 0.25) is 0 Å². The lowest BCUT2D eigenvalue weighted by atomic mass is 10.3. The molecule has 0 aliphatic heterocycles. The molecule has 0 aromatic carbocycles. The molecule has 5 N–H and O–H groups in total. The summed E-state index contributed by atoms with van der Waals surface area (Å²) in [5.74, 6) is -0.152. The average Bonchev–Trinajstić information content (AvgIpc) is 1.82. The molecule has 1 atom stereocenters. The lowest BCUT2D eigenvalue weighted by Crippen LogP contribution is -2.40. The minimum Gasteiger partial charge on any atom is -0.353 e. The fraction of sp³-hybridized carbons (Fsp3) is 0.800. The van der Waals surface area contributed by atoms with Crippen molar-refractivity contribution >= 4 is 5.91 Å². The van der Waals surface area contributed by atoms with Gasteiger partial charge in [0, 0.05) is 13.1 Å². The minimum atomic E-state index is -0.434. The van der Waals surface area contributed by atoms with Crippen LogP contribution in [0.4, 0.5) is 0 Å². The SMILES string of the molecule is C[C@H](N)C(=O)NCCN. The van der Waals surface area contributed by atoms with Gasteiger partial charge >= 0.3 is 0 Å². The predicted octanol–water partition coefficient (Wildman–Crippen LogP) is -1.59. The van der Waals surface area contributed by atoms with E-state index in [1.165, 1.54) is 0 Å². The molecular formula is C5H13N3O. The third-order valence-electron chi connectivity index (χ3n) is 0.857. The lowest BCUT2D eigenvalue weighted by molar-refractivity contribution is -0.121. The number of carbonyl (C=O) groups excluding carboxylic acids is 1. The summed E-state index contributed by atoms with van der Waals surface area (Å²) < 4.78 is 0. The molecule has 4 nitrogen and oxygen atoms in total. The Labute approximate surface area is 54.6 Å². The first-order valence-electron chi connectivity index (χ1n) is 2.92. The zero-order valence-electron chi connectivity index (χ0n) is 5.55. The third-order valence-corrected chi connectivity index (χ3v) is 0.857. The Morgan fingerprint density at radius 2 is 2.33 bits per heavy atom. The van der Waals surface area contributed by atoms with E-state index in [0.717, 1.165) is 0 Å². The van der Waals surface area contributed by atoms with Crippen LogP contribution in [0, 0.1) is 0 Å². The van der Waals surface area contributed by atoms with Gasteiger partial charge in [0.05, 0.1) is 6.04 Å². The topological polar surface area (TPSA) is 81.1 Å². The number of carbonyl (C=O) groups is 1. The summed E-state index contributed by atoms with van der Waals surface area (Å²) in [6.45, 7) is 2.59. The first-order chi connectivity index (χ1) is 4.18. The van der Waals surface area contributed by atoms with Gasteiger partial charge in [-0.15, -0.1) is 0 Å². The summed E-state index contributed by atoms with van der Waals surface area (Å²) in [7, 11) is 0. The summed E-state index contributed by atoms with van der Waals surface area (Å²) in [6.07, 6.45) is 0. The maximum Gasteiger partial charge on any atom is 0.236 e. The number of rotatable bonds is 3. The van der Waals surface area contributed by atoms with E-state index in [2.05, 4.69) is 5.32 Å². The second kappa shape index (κ2) is 4.29. The highest BCUT2D eigenvalue weighted by Gasteiger charge is 2.03. The van der Waals surface area contributed by atoms with Crippen LogP contribution in [0.1, 0.15) is 6.92 Å². The summed E-state index contributed by atoms with van der Waals surface area (Å²) in [4.78, 5) is 10.6. The zero-order chi connectivity index (χ0) is 7.28. The molecule has 0 saturated carbocycles. The maximum absolute atomic E-state index is 10.6. The van der Waals surface area contributed by atoms with E-state index in [9.17, 15) is 4.79 Å². The molecule has 1 amide bonds. The molecule has 0 aliphatic rings. The predicted molar refractivity (Wildman–Crippen MR) is 35.7 cm³/mol. The normalized spacial score (nSPS) is 12.8. The van der Waals surface area contributed by atoms with Gasteiger partial charge in [-0.05, 0) is 6.92 Å². The molecule has 4 heteroatoms. The van der Waals surface area contributed by atoms with Crippen molar-refractivity contribution in [3.8, 4) is 0 Å². The molecule has 0 radical (unpaired) electrons. The summed E-state index contributed by atoms with van der Waals surface area (Å²) in [5, 5.41) is 2.54. The highest BCUT2D eigenvalue weighted by molar-refractivity contribution is 5.80. The number of hydrogen-bond donors (Lipinski definition) is 3. The molecule has 0 aromatic rings. The Morgan fingerprint density at radius 3 is 2.67 bits per heavy atom. The molecular weight excluding hydrogens is 118 g/mol. The summed E-state index contributed by atoms with van der Waals surface area (Å²) in [5.41, 5.74) is 10.3. The van der Waals surface area contributed by atoms with Gasteiger partial charge < -0.3 is 16.8 Å². The molecule has 54 valence electrons. The van der Waals surface area contributed by atoms with Crippen LogP contribution in [0.25, 0.3) is 0 Å². The van der Waals surface area contributed by atoms with Gasteiger partial charge in [0.15, 0.2) is 0 Å². The largest absolute Gasteiger partial charge is 0.353 e. The highest BCUT2D eigenvalue weighted by atomic mass is 16.2. The number of nitrogens with two attached hydrogens (primary N) is 2. The van der Waals surface area contributed by atoms with Crippen molar-refractivity contribution < 1.29 is 4.79 Å². The molecule has 0 fully saturated rings. The van der Waals surface area contributed by atoms with Gasteiger partial charge in [-0.1, -0.05) is 0 Å². The molecule has 0 aliphatic carbocycles. The Bertz CT molecular complexity index is 92.2. The number of nitrogens with one attached hydrogen (secondary N) is 1. The van der Waals surface area contributed by atoms with Crippen molar-refractivity contribution in [1.82, 2.24) is 5.32 Å². The first kappa shape index (κ1) is 8.39. The third kappa shape index (κ3) is 3.93. The second-order valence-corrected chi connectivity index (χ2v) is 1.87. The van der Waals surface area contributed by atoms with Crippen molar-refractivity contribution in [2.45, 2.75) is 13.0 Å². The van der Waals surface area contributed by atoms with Crippen LogP contribution in [-0.4, -0.2) is 25.0 Å². The summed E-state index contributed by atoms with van der Waals surface area (Å²) in [6, 6.07) is -0.434. The van der Waals surface area contributed by atoms with Gasteiger partial charge in [0.2, 0.25) is 5.91 Å². The molecule has 0 heterocycles. The van der Waals surface area contributed by atoms with Crippen molar-refractivity contribution in [2.24, 2.45) is 11.5 Å². The van der Waals surface area contributed by atoms with Gasteiger partial charge in [0.1, 0.15) is 0 Å². The molecule has 9 heavy (non-hydrogen) atoms. The molecule has 0 unspecified atom stereocenters. The quantitative estimate of drug-likeness (QED) is 0.432. The van der Waals surface area contributed by atoms with Gasteiger partial charge in [-0.3, -0.25) is 4.79 Å². The fourth-order valence-electron chi connectivity index (χ4n) is 0.356. The Morgan fingerprint density at radius 1 is 1.78 bits per heavy atom. The number of hydrogen-bond acceptors (Lipinski definition) is 3. The summed E-state index contributed by atoms with van der Waals surface area (Å²) >= 11 is 0. The van der Waals surface area contributed by atoms with Crippen LogP contribution < -0.4 is 16.8 Å². The Hall–Kier alpha value is -0.610. The maximum atomic E-state index is 10.6. The number of amides is 1. The van der Waals surface area contributed by atoms with Crippen LogP contribution in [0.3, 0.4) is 0 Å². The fourth-order valence-corrected chi connectivity index (χ4v) is 0.356. The molecule has 0 aromatic heterocycles. The van der Waals surface area contributed by atoms with E-state index in [0.29, 0.717) is 13.1 Å². The molecule has 0 saturated heterocycles. The molecule has 0 rings (SSSR count). The van der Waals surface area contributed by atoms with E-state index in [4.69, 9.17) is 11.5 Å². The van der Waals surface area contributed by atoms with Crippen molar-refractivity contribution in [2.75, 3.05) is 13.1 Å². The van der Waals surface area contributed by atoms with Gasteiger partial charge in [-0.2, -0.15) is 0 Å². The van der Waals surface area contributed by atoms with E-state index in [1.807, 2.05) is 0 Å². The van der Waals surface area contributed by atoms with Crippen molar-refractivity contribution in [3.05, 3.63) is 0 Å². The monoisotopic (exact) mass is 131 g/mol. The lowest BCUT2D eigenvalue weighted by Gasteiger charge is -2.04. The van der Waals surface area contributed by atoms with Crippen molar-refractivity contribution in [3.63, 3.8) is 0 Å². The Balaban J connectivity index is 3.28. The van der Waals surface area contributed by atoms with Gasteiger partial charge in [-0.25, -0.2) is 0 Å². The van der Waals surface area contributed by atoms with E-state index in [-0.39, 0.29) is 5.91 Å². The highest BCUT2D eigenvalue weighted by Crippen LogP contribution is 1.71. The van der Waals surface area contributed by atoms with E-state index < -0.39 is 6.04 Å². The molecule has 0 bridgehead atoms. The van der Waals surface area contributed by atoms with Crippen molar-refractivity contribution in [1.29, 1.82) is 0 Å². The Kier molecular flexibility index (Phi) is 4.00. The average molecular weight is 131 g/mol. The van der Waals surface area contributed by atoms with Gasteiger partial charge in [0.25, 0.3) is 0 Å². The zero-order valence-corrected chi connectivity index (χ0v) is 5.55. The van der Waals surface area contributed by atoms with E-state index in [1.54, 1.807) is 6.92 Å². The standard InChI is InChI=1S/C5H13N3O/c1-4(7)5(9)8-3-2-6/h4H,2-3,6-7H2,1H3,(H,8,9)/t4-/m0/s1. The van der Waals surface area contributed by atoms with Crippen LogP contribution in [-0.2, 0) is 4.79 Å². The van der Waals surface area contributed by atoms with Crippen LogP contribution in [0.5, 0.6) is 0 Å². The second-order valence-electron chi connectivity index (χ2n) is 1.87. The molecule has 0 spiro atoms. The smallest absolute Gasteiger partial charge is 0.236 e. The van der Waals surface area contributed by atoms with E-state index >= 15 is 0 Å². The van der Waals surface area contributed by atoms with Crippen LogP contribution >= 0.6 is 0 Å². The first-order valence-corrected chi connectivity index (χ1v) is 2.92. The minimum absolute atomic E-state index is 0.152.